The Morgan fingerprint density at radius 1 is 1.41 bits per heavy atom. The molecular weight excluding hydrogens is 254 g/mol. The fourth-order valence-electron chi connectivity index (χ4n) is 1.66. The predicted octanol–water partition coefficient (Wildman–Crippen LogP) is 3.84. The molecule has 88 valence electrons. The topological polar surface area (TPSA) is 30.0 Å². The number of carbonyl (C=O) groups excluding carboxylic acids is 1. The van der Waals surface area contributed by atoms with Crippen molar-refractivity contribution in [1.82, 2.24) is 4.98 Å². The fraction of sp³-hybridized carbons (Fsp3) is 0.231. The largest absolute Gasteiger partial charge is 0.294 e. The molecule has 17 heavy (non-hydrogen) atoms. The Morgan fingerprint density at radius 3 is 2.82 bits per heavy atom. The number of aromatic nitrogens is 1. The third-order valence-electron chi connectivity index (χ3n) is 2.58. The summed E-state index contributed by atoms with van der Waals surface area (Å²) in [5.41, 5.74) is 2.35. The Morgan fingerprint density at radius 2 is 2.18 bits per heavy atom. The van der Waals surface area contributed by atoms with Gasteiger partial charge in [-0.05, 0) is 25.5 Å². The van der Waals surface area contributed by atoms with Gasteiger partial charge in [-0.1, -0.05) is 23.7 Å². The molecule has 0 N–H and O–H groups in total. The molecule has 0 amide bonds. The molecule has 1 aromatic carbocycles. The lowest BCUT2D eigenvalue weighted by atomic mass is 10.0. The van der Waals surface area contributed by atoms with Gasteiger partial charge in [0.15, 0.2) is 5.78 Å². The van der Waals surface area contributed by atoms with Gasteiger partial charge >= 0.3 is 0 Å². The summed E-state index contributed by atoms with van der Waals surface area (Å²) < 4.78 is 0. The van der Waals surface area contributed by atoms with Gasteiger partial charge in [0.05, 0.1) is 17.1 Å². The van der Waals surface area contributed by atoms with Crippen LogP contribution in [0.15, 0.2) is 23.6 Å². The number of benzene rings is 1. The number of halogens is 1. The summed E-state index contributed by atoms with van der Waals surface area (Å²) in [5, 5.41) is 3.54. The standard InChI is InChI=1S/C13H12ClNOS/c1-8-11(4-3-5-12(8)14)13(16)6-10-7-17-9(2)15-10/h3-5,7H,6H2,1-2H3. The third kappa shape index (κ3) is 2.73. The summed E-state index contributed by atoms with van der Waals surface area (Å²) in [7, 11) is 0. The zero-order valence-corrected chi connectivity index (χ0v) is 11.2. The molecule has 4 heteroatoms. The zero-order valence-electron chi connectivity index (χ0n) is 9.66. The summed E-state index contributed by atoms with van der Waals surface area (Å²) in [5.74, 6) is 0.0651. The maximum Gasteiger partial charge on any atom is 0.169 e. The molecule has 0 spiro atoms. The van der Waals surface area contributed by atoms with E-state index in [1.807, 2.05) is 25.3 Å². The fourth-order valence-corrected chi connectivity index (χ4v) is 2.45. The Balaban J connectivity index is 2.23. The Hall–Kier alpha value is -1.19. The lowest BCUT2D eigenvalue weighted by Crippen LogP contribution is -2.06. The predicted molar refractivity (Wildman–Crippen MR) is 71.1 cm³/mol. The molecule has 0 aliphatic rings. The van der Waals surface area contributed by atoms with E-state index in [2.05, 4.69) is 4.98 Å². The molecule has 0 radical (unpaired) electrons. The van der Waals surface area contributed by atoms with Crippen LogP contribution in [0, 0.1) is 13.8 Å². The van der Waals surface area contributed by atoms with Crippen molar-refractivity contribution in [3.8, 4) is 0 Å². The smallest absolute Gasteiger partial charge is 0.169 e. The molecule has 0 saturated carbocycles. The van der Waals surface area contributed by atoms with Gasteiger partial charge in [-0.3, -0.25) is 4.79 Å². The first kappa shape index (κ1) is 12.3. The van der Waals surface area contributed by atoms with Crippen LogP contribution in [-0.4, -0.2) is 10.8 Å². The quantitative estimate of drug-likeness (QED) is 0.790. The van der Waals surface area contributed by atoms with Gasteiger partial charge < -0.3 is 0 Å². The Bertz CT molecular complexity index is 562. The monoisotopic (exact) mass is 265 g/mol. The maximum absolute atomic E-state index is 12.1. The zero-order chi connectivity index (χ0) is 12.4. The number of hydrogen-bond donors (Lipinski definition) is 0. The summed E-state index contributed by atoms with van der Waals surface area (Å²) in [4.78, 5) is 16.4. The lowest BCUT2D eigenvalue weighted by Gasteiger charge is -2.05. The van der Waals surface area contributed by atoms with Gasteiger partial charge in [0, 0.05) is 16.0 Å². The van der Waals surface area contributed by atoms with Crippen molar-refractivity contribution >= 4 is 28.7 Å². The molecule has 0 aliphatic carbocycles. The first-order chi connectivity index (χ1) is 8.08. The van der Waals surface area contributed by atoms with E-state index in [1.54, 1.807) is 23.5 Å². The minimum Gasteiger partial charge on any atom is -0.294 e. The van der Waals surface area contributed by atoms with Crippen molar-refractivity contribution in [3.63, 3.8) is 0 Å². The highest BCUT2D eigenvalue weighted by atomic mass is 35.5. The maximum atomic E-state index is 12.1. The normalized spacial score (nSPS) is 10.5. The van der Waals surface area contributed by atoms with E-state index >= 15 is 0 Å². The highest BCUT2D eigenvalue weighted by molar-refractivity contribution is 7.09. The lowest BCUT2D eigenvalue weighted by molar-refractivity contribution is 0.0991. The van der Waals surface area contributed by atoms with E-state index in [-0.39, 0.29) is 5.78 Å². The molecule has 1 aromatic heterocycles. The number of Topliss-reactive ketones (excluding diaryl/α,β-unsaturated/α-hetero) is 1. The highest BCUT2D eigenvalue weighted by Gasteiger charge is 2.12. The van der Waals surface area contributed by atoms with Crippen LogP contribution >= 0.6 is 22.9 Å². The van der Waals surface area contributed by atoms with E-state index in [0.29, 0.717) is 17.0 Å². The van der Waals surface area contributed by atoms with Crippen molar-refractivity contribution < 1.29 is 4.79 Å². The Kier molecular flexibility index (Phi) is 3.60. The van der Waals surface area contributed by atoms with Crippen molar-refractivity contribution in [1.29, 1.82) is 0 Å². The summed E-state index contributed by atoms with van der Waals surface area (Å²) in [6.07, 6.45) is 0.339. The van der Waals surface area contributed by atoms with E-state index in [9.17, 15) is 4.79 Å². The van der Waals surface area contributed by atoms with Crippen molar-refractivity contribution in [2.24, 2.45) is 0 Å². The first-order valence-electron chi connectivity index (χ1n) is 5.27. The van der Waals surface area contributed by atoms with Crippen LogP contribution in [0.3, 0.4) is 0 Å². The number of thiazole rings is 1. The van der Waals surface area contributed by atoms with E-state index < -0.39 is 0 Å². The average Bonchev–Trinajstić information content (AvgIpc) is 2.68. The van der Waals surface area contributed by atoms with Crippen LogP contribution in [0.4, 0.5) is 0 Å². The van der Waals surface area contributed by atoms with Gasteiger partial charge in [0.1, 0.15) is 0 Å². The molecule has 2 aromatic rings. The summed E-state index contributed by atoms with van der Waals surface area (Å²) >= 11 is 7.56. The first-order valence-corrected chi connectivity index (χ1v) is 6.53. The van der Waals surface area contributed by atoms with Crippen LogP contribution in [-0.2, 0) is 6.42 Å². The summed E-state index contributed by atoms with van der Waals surface area (Å²) in [6.45, 7) is 3.80. The van der Waals surface area contributed by atoms with Crippen LogP contribution in [0.5, 0.6) is 0 Å². The van der Waals surface area contributed by atoms with Crippen LogP contribution < -0.4 is 0 Å². The molecule has 0 fully saturated rings. The molecule has 0 unspecified atom stereocenters. The van der Waals surface area contributed by atoms with Gasteiger partial charge in [0.2, 0.25) is 0 Å². The second-order valence-electron chi connectivity index (χ2n) is 3.87. The molecule has 1 heterocycles. The van der Waals surface area contributed by atoms with Gasteiger partial charge in [0.25, 0.3) is 0 Å². The second kappa shape index (κ2) is 4.98. The van der Waals surface area contributed by atoms with Crippen molar-refractivity contribution in [3.05, 3.63) is 50.4 Å². The molecule has 0 aliphatic heterocycles. The number of hydrogen-bond acceptors (Lipinski definition) is 3. The molecular formula is C13H12ClNOS. The summed E-state index contributed by atoms with van der Waals surface area (Å²) in [6, 6.07) is 5.40. The van der Waals surface area contributed by atoms with Gasteiger partial charge in [-0.2, -0.15) is 0 Å². The molecule has 0 atom stereocenters. The number of nitrogens with zero attached hydrogens (tertiary/aromatic N) is 1. The second-order valence-corrected chi connectivity index (χ2v) is 5.34. The van der Waals surface area contributed by atoms with Gasteiger partial charge in [-0.25, -0.2) is 4.98 Å². The van der Waals surface area contributed by atoms with Crippen LogP contribution in [0.1, 0.15) is 26.6 Å². The number of ketones is 1. The average molecular weight is 266 g/mol. The number of aryl methyl sites for hydroxylation is 1. The highest BCUT2D eigenvalue weighted by Crippen LogP contribution is 2.20. The van der Waals surface area contributed by atoms with E-state index in [0.717, 1.165) is 16.3 Å². The molecule has 2 nitrogen and oxygen atoms in total. The van der Waals surface area contributed by atoms with Crippen molar-refractivity contribution in [2.45, 2.75) is 20.3 Å². The van der Waals surface area contributed by atoms with Gasteiger partial charge in [-0.15, -0.1) is 11.3 Å². The van der Waals surface area contributed by atoms with Crippen molar-refractivity contribution in [2.75, 3.05) is 0 Å². The number of rotatable bonds is 3. The molecule has 0 saturated heterocycles. The minimum absolute atomic E-state index is 0.0651. The van der Waals surface area contributed by atoms with Crippen LogP contribution in [0.2, 0.25) is 5.02 Å². The minimum atomic E-state index is 0.0651. The molecule has 2 rings (SSSR count). The van der Waals surface area contributed by atoms with E-state index in [1.165, 1.54) is 0 Å². The van der Waals surface area contributed by atoms with Crippen LogP contribution in [0.25, 0.3) is 0 Å². The Labute approximate surface area is 109 Å². The van der Waals surface area contributed by atoms with E-state index in [4.69, 9.17) is 11.6 Å². The number of carbonyl (C=O) groups is 1. The molecule has 0 bridgehead atoms. The third-order valence-corrected chi connectivity index (χ3v) is 3.81. The SMILES string of the molecule is Cc1nc(CC(=O)c2cccc(Cl)c2C)cs1.